The van der Waals surface area contributed by atoms with E-state index in [1.165, 1.54) is 25.7 Å². The van der Waals surface area contributed by atoms with Gasteiger partial charge < -0.3 is 10.6 Å². The Hall–Kier alpha value is -1.25. The molecule has 0 aromatic carbocycles. The highest BCUT2D eigenvalue weighted by molar-refractivity contribution is 5.63. The number of nitrogens with zero attached hydrogens (tertiary/aromatic N) is 2. The fraction of sp³-hybridized carbons (Fsp3) is 0.643. The number of fused-ring (bicyclic) bond motifs is 2. The summed E-state index contributed by atoms with van der Waals surface area (Å²) in [4.78, 5) is 6.94. The van der Waals surface area contributed by atoms with E-state index in [0.29, 0.717) is 0 Å². The Morgan fingerprint density at radius 1 is 1.29 bits per heavy atom. The number of nitrogen functional groups attached to an aromatic ring is 1. The van der Waals surface area contributed by atoms with Crippen LogP contribution in [0, 0.1) is 18.8 Å². The van der Waals surface area contributed by atoms with Crippen LogP contribution in [0.3, 0.4) is 0 Å². The Morgan fingerprint density at radius 2 is 2.00 bits per heavy atom. The van der Waals surface area contributed by atoms with E-state index in [2.05, 4.69) is 9.88 Å². The van der Waals surface area contributed by atoms with Crippen molar-refractivity contribution in [1.82, 2.24) is 4.98 Å². The Bertz CT molecular complexity index is 404. The first kappa shape index (κ1) is 10.9. The van der Waals surface area contributed by atoms with Crippen molar-refractivity contribution in [3.63, 3.8) is 0 Å². The molecule has 2 atom stereocenters. The molecule has 92 valence electrons. The second-order valence-corrected chi connectivity index (χ2v) is 5.73. The first-order chi connectivity index (χ1) is 8.22. The highest BCUT2D eigenvalue weighted by Crippen LogP contribution is 2.37. The molecule has 17 heavy (non-hydrogen) atoms. The van der Waals surface area contributed by atoms with Crippen LogP contribution in [0.15, 0.2) is 12.3 Å². The molecule has 2 bridgehead atoms. The van der Waals surface area contributed by atoms with E-state index in [4.69, 9.17) is 5.73 Å². The van der Waals surface area contributed by atoms with Gasteiger partial charge in [-0.15, -0.1) is 0 Å². The zero-order chi connectivity index (χ0) is 11.8. The van der Waals surface area contributed by atoms with Crippen molar-refractivity contribution in [3.05, 3.63) is 17.8 Å². The van der Waals surface area contributed by atoms with Gasteiger partial charge in [-0.1, -0.05) is 6.42 Å². The Morgan fingerprint density at radius 3 is 2.65 bits per heavy atom. The van der Waals surface area contributed by atoms with Crippen molar-refractivity contribution in [2.75, 3.05) is 23.7 Å². The summed E-state index contributed by atoms with van der Waals surface area (Å²) < 4.78 is 0. The lowest BCUT2D eigenvalue weighted by atomic mass is 9.78. The molecule has 0 radical (unpaired) electrons. The summed E-state index contributed by atoms with van der Waals surface area (Å²) in [6, 6.07) is 2.03. The van der Waals surface area contributed by atoms with Gasteiger partial charge in [0, 0.05) is 19.3 Å². The lowest BCUT2D eigenvalue weighted by Crippen LogP contribution is -2.43. The van der Waals surface area contributed by atoms with Crippen LogP contribution in [0.25, 0.3) is 0 Å². The predicted molar refractivity (Wildman–Crippen MR) is 71.0 cm³/mol. The van der Waals surface area contributed by atoms with Crippen LogP contribution in [0.1, 0.15) is 31.2 Å². The van der Waals surface area contributed by atoms with Crippen LogP contribution in [0.2, 0.25) is 0 Å². The molecular weight excluding hydrogens is 210 g/mol. The molecule has 3 heteroatoms. The van der Waals surface area contributed by atoms with Gasteiger partial charge in [-0.05, 0) is 49.7 Å². The van der Waals surface area contributed by atoms with E-state index in [9.17, 15) is 0 Å². The summed E-state index contributed by atoms with van der Waals surface area (Å²) in [5, 5.41) is 0. The van der Waals surface area contributed by atoms with Crippen molar-refractivity contribution in [2.45, 2.75) is 32.6 Å². The number of pyridine rings is 1. The van der Waals surface area contributed by atoms with Crippen LogP contribution in [-0.4, -0.2) is 18.1 Å². The first-order valence-corrected chi connectivity index (χ1v) is 6.69. The van der Waals surface area contributed by atoms with Crippen molar-refractivity contribution in [3.8, 4) is 0 Å². The lowest BCUT2D eigenvalue weighted by molar-refractivity contribution is 0.230. The molecule has 2 aliphatic rings. The van der Waals surface area contributed by atoms with Gasteiger partial charge in [-0.25, -0.2) is 4.98 Å². The highest BCUT2D eigenvalue weighted by atomic mass is 15.2. The molecular formula is C14H21N3. The average molecular weight is 231 g/mol. The molecule has 1 aromatic heterocycles. The number of anilines is 2. The number of hydrogen-bond donors (Lipinski definition) is 1. The minimum Gasteiger partial charge on any atom is -0.396 e. The first-order valence-electron chi connectivity index (χ1n) is 6.69. The molecule has 1 aliphatic carbocycles. The van der Waals surface area contributed by atoms with Gasteiger partial charge in [0.05, 0.1) is 5.69 Å². The second-order valence-electron chi connectivity index (χ2n) is 5.73. The van der Waals surface area contributed by atoms with Crippen LogP contribution >= 0.6 is 0 Å². The van der Waals surface area contributed by atoms with Gasteiger partial charge in [-0.2, -0.15) is 0 Å². The van der Waals surface area contributed by atoms with Crippen LogP contribution in [-0.2, 0) is 0 Å². The fourth-order valence-electron chi connectivity index (χ4n) is 3.45. The Kier molecular flexibility index (Phi) is 2.69. The number of piperidine rings is 1. The Balaban J connectivity index is 1.84. The maximum absolute atomic E-state index is 6.10. The maximum Gasteiger partial charge on any atom is 0.151 e. The van der Waals surface area contributed by atoms with Crippen molar-refractivity contribution in [1.29, 1.82) is 0 Å². The molecule has 2 unspecified atom stereocenters. The van der Waals surface area contributed by atoms with Crippen molar-refractivity contribution in [2.24, 2.45) is 11.8 Å². The van der Waals surface area contributed by atoms with Crippen molar-refractivity contribution < 1.29 is 0 Å². The third-order valence-corrected chi connectivity index (χ3v) is 4.18. The molecule has 1 saturated heterocycles. The minimum atomic E-state index is 0.838. The van der Waals surface area contributed by atoms with E-state index in [0.717, 1.165) is 42.0 Å². The highest BCUT2D eigenvalue weighted by Gasteiger charge is 2.31. The Labute approximate surface area is 103 Å². The van der Waals surface area contributed by atoms with E-state index in [-0.39, 0.29) is 0 Å². The summed E-state index contributed by atoms with van der Waals surface area (Å²) in [5.74, 6) is 2.74. The number of aromatic nitrogens is 1. The molecule has 3 nitrogen and oxygen atoms in total. The monoisotopic (exact) mass is 231 g/mol. The quantitative estimate of drug-likeness (QED) is 0.807. The minimum absolute atomic E-state index is 0.838. The molecule has 2 N–H and O–H groups in total. The predicted octanol–water partition coefficient (Wildman–Crippen LogP) is 2.60. The second kappa shape index (κ2) is 4.21. The summed E-state index contributed by atoms with van der Waals surface area (Å²) >= 11 is 0. The van der Waals surface area contributed by atoms with Crippen LogP contribution in [0.5, 0.6) is 0 Å². The van der Waals surface area contributed by atoms with Crippen molar-refractivity contribution >= 4 is 11.5 Å². The zero-order valence-corrected chi connectivity index (χ0v) is 10.5. The van der Waals surface area contributed by atoms with E-state index in [1.807, 2.05) is 19.2 Å². The normalized spacial score (nSPS) is 28.2. The van der Waals surface area contributed by atoms with E-state index < -0.39 is 0 Å². The lowest BCUT2D eigenvalue weighted by Gasteiger charge is -2.42. The zero-order valence-electron chi connectivity index (χ0n) is 10.5. The van der Waals surface area contributed by atoms with E-state index >= 15 is 0 Å². The molecule has 0 spiro atoms. The number of nitrogens with two attached hydrogens (primary N) is 1. The number of rotatable bonds is 1. The molecule has 0 amide bonds. The SMILES string of the molecule is Cc1cnc(N2CC3CCCC(C3)C2)c(N)c1. The third kappa shape index (κ3) is 2.11. The van der Waals surface area contributed by atoms with Gasteiger partial charge >= 0.3 is 0 Å². The van der Waals surface area contributed by atoms with E-state index in [1.54, 1.807) is 0 Å². The largest absolute Gasteiger partial charge is 0.396 e. The van der Waals surface area contributed by atoms with Gasteiger partial charge in [0.2, 0.25) is 0 Å². The molecule has 2 heterocycles. The van der Waals surface area contributed by atoms with Gasteiger partial charge in [0.15, 0.2) is 5.82 Å². The molecule has 1 saturated carbocycles. The summed E-state index contributed by atoms with van der Waals surface area (Å²) in [5.41, 5.74) is 8.08. The summed E-state index contributed by atoms with van der Waals surface area (Å²) in [6.45, 7) is 4.34. The van der Waals surface area contributed by atoms with Crippen LogP contribution < -0.4 is 10.6 Å². The fourth-order valence-corrected chi connectivity index (χ4v) is 3.45. The van der Waals surface area contributed by atoms with Gasteiger partial charge in [0.25, 0.3) is 0 Å². The topological polar surface area (TPSA) is 42.2 Å². The smallest absolute Gasteiger partial charge is 0.151 e. The third-order valence-electron chi connectivity index (χ3n) is 4.18. The standard InChI is InChI=1S/C14H21N3/c1-10-5-13(15)14(16-7-10)17-8-11-3-2-4-12(6-11)9-17/h5,7,11-12H,2-4,6,8-9,15H2,1H3. The summed E-state index contributed by atoms with van der Waals surface area (Å²) in [7, 11) is 0. The average Bonchev–Trinajstić information content (AvgIpc) is 2.28. The van der Waals surface area contributed by atoms with Gasteiger partial charge in [0.1, 0.15) is 0 Å². The number of aryl methyl sites for hydroxylation is 1. The van der Waals surface area contributed by atoms with Crippen LogP contribution in [0.4, 0.5) is 11.5 Å². The maximum atomic E-state index is 6.10. The van der Waals surface area contributed by atoms with Gasteiger partial charge in [-0.3, -0.25) is 0 Å². The molecule has 1 aromatic rings. The summed E-state index contributed by atoms with van der Waals surface area (Å²) in [6.07, 6.45) is 7.54. The number of hydrogen-bond acceptors (Lipinski definition) is 3. The molecule has 1 aliphatic heterocycles. The molecule has 3 rings (SSSR count). The molecule has 2 fully saturated rings.